The molecule has 0 amide bonds. The number of benzene rings is 3. The zero-order valence-corrected chi connectivity index (χ0v) is 17.4. The Hall–Kier alpha value is -3.02. The lowest BCUT2D eigenvalue weighted by Gasteiger charge is -2.16. The second kappa shape index (κ2) is 9.20. The molecule has 1 aromatic heterocycles. The molecule has 154 valence electrons. The smallest absolute Gasteiger partial charge is 0.148 e. The SMILES string of the molecule is Cc1cccc(OCc2nc3ccccc3n2C[C@H](O)COc2ccccc2Cl)c1. The number of rotatable bonds is 8. The van der Waals surface area contributed by atoms with E-state index in [0.717, 1.165) is 28.2 Å². The number of nitrogens with zero attached hydrogens (tertiary/aromatic N) is 2. The van der Waals surface area contributed by atoms with Crippen molar-refractivity contribution in [3.05, 3.63) is 89.2 Å². The van der Waals surface area contributed by atoms with Gasteiger partial charge < -0.3 is 19.1 Å². The first-order valence-corrected chi connectivity index (χ1v) is 10.2. The van der Waals surface area contributed by atoms with E-state index in [0.29, 0.717) is 23.9 Å². The summed E-state index contributed by atoms with van der Waals surface area (Å²) in [5.74, 6) is 2.09. The Kier molecular flexibility index (Phi) is 6.21. The van der Waals surface area contributed by atoms with Crippen LogP contribution >= 0.6 is 11.6 Å². The molecule has 0 unspecified atom stereocenters. The number of aromatic nitrogens is 2. The molecule has 0 spiro atoms. The first-order chi connectivity index (χ1) is 14.6. The van der Waals surface area contributed by atoms with Crippen LogP contribution in [0.2, 0.25) is 5.02 Å². The molecule has 1 heterocycles. The van der Waals surface area contributed by atoms with Gasteiger partial charge in [0.2, 0.25) is 0 Å². The summed E-state index contributed by atoms with van der Waals surface area (Å²) in [6, 6.07) is 23.0. The third-order valence-corrected chi connectivity index (χ3v) is 5.06. The third-order valence-electron chi connectivity index (χ3n) is 4.75. The van der Waals surface area contributed by atoms with Crippen molar-refractivity contribution in [3.63, 3.8) is 0 Å². The van der Waals surface area contributed by atoms with Crippen LogP contribution in [0.5, 0.6) is 11.5 Å². The Labute approximate surface area is 180 Å². The van der Waals surface area contributed by atoms with Gasteiger partial charge in [0.05, 0.1) is 22.6 Å². The van der Waals surface area contributed by atoms with Crippen molar-refractivity contribution < 1.29 is 14.6 Å². The van der Waals surface area contributed by atoms with Crippen LogP contribution in [0.4, 0.5) is 0 Å². The number of ether oxygens (including phenoxy) is 2. The monoisotopic (exact) mass is 422 g/mol. The number of hydrogen-bond donors (Lipinski definition) is 1. The summed E-state index contributed by atoms with van der Waals surface area (Å²) >= 11 is 6.13. The van der Waals surface area contributed by atoms with E-state index in [4.69, 9.17) is 26.1 Å². The summed E-state index contributed by atoms with van der Waals surface area (Å²) in [6.45, 7) is 2.78. The first-order valence-electron chi connectivity index (χ1n) is 9.79. The average molecular weight is 423 g/mol. The van der Waals surface area contributed by atoms with Gasteiger partial charge >= 0.3 is 0 Å². The summed E-state index contributed by atoms with van der Waals surface area (Å²) < 4.78 is 13.6. The number of aliphatic hydroxyl groups excluding tert-OH is 1. The largest absolute Gasteiger partial charge is 0.489 e. The van der Waals surface area contributed by atoms with Crippen molar-refractivity contribution in [2.24, 2.45) is 0 Å². The predicted molar refractivity (Wildman–Crippen MR) is 118 cm³/mol. The number of aliphatic hydroxyl groups is 1. The molecule has 3 aromatic carbocycles. The lowest BCUT2D eigenvalue weighted by atomic mass is 10.2. The van der Waals surface area contributed by atoms with E-state index >= 15 is 0 Å². The highest BCUT2D eigenvalue weighted by Gasteiger charge is 2.16. The predicted octanol–water partition coefficient (Wildman–Crippen LogP) is 5.02. The first kappa shape index (κ1) is 20.3. The van der Waals surface area contributed by atoms with Crippen LogP contribution in [0.15, 0.2) is 72.8 Å². The normalized spacial score (nSPS) is 12.1. The Morgan fingerprint density at radius 1 is 1.00 bits per heavy atom. The number of aryl methyl sites for hydroxylation is 1. The minimum atomic E-state index is -0.739. The van der Waals surface area contributed by atoms with Gasteiger partial charge in [-0.05, 0) is 48.9 Å². The molecule has 6 heteroatoms. The maximum Gasteiger partial charge on any atom is 0.148 e. The highest BCUT2D eigenvalue weighted by molar-refractivity contribution is 6.32. The lowest BCUT2D eigenvalue weighted by Crippen LogP contribution is -2.25. The van der Waals surface area contributed by atoms with Crippen LogP contribution in [0, 0.1) is 6.92 Å². The number of halogens is 1. The maximum absolute atomic E-state index is 10.6. The molecule has 4 rings (SSSR count). The van der Waals surface area contributed by atoms with Crippen molar-refractivity contribution in [2.75, 3.05) is 6.61 Å². The summed E-state index contributed by atoms with van der Waals surface area (Å²) in [7, 11) is 0. The minimum absolute atomic E-state index is 0.119. The molecule has 30 heavy (non-hydrogen) atoms. The quantitative estimate of drug-likeness (QED) is 0.433. The van der Waals surface area contributed by atoms with Crippen molar-refractivity contribution in [1.29, 1.82) is 0 Å². The van der Waals surface area contributed by atoms with Gasteiger partial charge in [-0.3, -0.25) is 0 Å². The summed E-state index contributed by atoms with van der Waals surface area (Å²) in [6.07, 6.45) is -0.739. The zero-order chi connectivity index (χ0) is 20.9. The molecule has 1 N–H and O–H groups in total. The van der Waals surface area contributed by atoms with E-state index in [1.54, 1.807) is 12.1 Å². The van der Waals surface area contributed by atoms with Crippen molar-refractivity contribution in [2.45, 2.75) is 26.2 Å². The van der Waals surface area contributed by atoms with Gasteiger partial charge in [0, 0.05) is 0 Å². The van der Waals surface area contributed by atoms with E-state index < -0.39 is 6.10 Å². The van der Waals surface area contributed by atoms with Crippen LogP contribution in [0.25, 0.3) is 11.0 Å². The molecule has 0 aliphatic heterocycles. The van der Waals surface area contributed by atoms with Gasteiger partial charge in [-0.15, -0.1) is 0 Å². The Morgan fingerprint density at radius 2 is 1.80 bits per heavy atom. The van der Waals surface area contributed by atoms with Gasteiger partial charge in [0.1, 0.15) is 36.6 Å². The Morgan fingerprint density at radius 3 is 2.63 bits per heavy atom. The zero-order valence-electron chi connectivity index (χ0n) is 16.7. The molecule has 0 radical (unpaired) electrons. The third kappa shape index (κ3) is 4.75. The fourth-order valence-electron chi connectivity index (χ4n) is 3.30. The molecule has 0 bridgehead atoms. The molecule has 0 fully saturated rings. The average Bonchev–Trinajstić information content (AvgIpc) is 3.09. The van der Waals surface area contributed by atoms with Gasteiger partial charge in [-0.25, -0.2) is 4.98 Å². The van der Waals surface area contributed by atoms with Crippen molar-refractivity contribution >= 4 is 22.6 Å². The summed E-state index contributed by atoms with van der Waals surface area (Å²) in [5, 5.41) is 11.1. The second-order valence-electron chi connectivity index (χ2n) is 7.13. The highest BCUT2D eigenvalue weighted by Crippen LogP contribution is 2.24. The molecule has 0 aliphatic carbocycles. The van der Waals surface area contributed by atoms with Gasteiger partial charge in [-0.1, -0.05) is 48.0 Å². The van der Waals surface area contributed by atoms with E-state index in [1.165, 1.54) is 0 Å². The van der Waals surface area contributed by atoms with Crippen LogP contribution in [-0.4, -0.2) is 27.4 Å². The number of hydrogen-bond acceptors (Lipinski definition) is 4. The summed E-state index contributed by atoms with van der Waals surface area (Å²) in [4.78, 5) is 4.70. The molecule has 0 saturated carbocycles. The van der Waals surface area contributed by atoms with Crippen LogP contribution in [-0.2, 0) is 13.2 Å². The lowest BCUT2D eigenvalue weighted by molar-refractivity contribution is 0.0918. The van der Waals surface area contributed by atoms with Crippen molar-refractivity contribution in [3.8, 4) is 11.5 Å². The second-order valence-corrected chi connectivity index (χ2v) is 7.53. The molecular weight excluding hydrogens is 400 g/mol. The number of fused-ring (bicyclic) bond motifs is 1. The van der Waals surface area contributed by atoms with Gasteiger partial charge in [0.25, 0.3) is 0 Å². The molecule has 5 nitrogen and oxygen atoms in total. The van der Waals surface area contributed by atoms with Crippen LogP contribution in [0.1, 0.15) is 11.4 Å². The van der Waals surface area contributed by atoms with E-state index in [9.17, 15) is 5.11 Å². The maximum atomic E-state index is 10.6. The number of imidazole rings is 1. The standard InChI is InChI=1S/C24H23ClN2O3/c1-17-7-6-8-19(13-17)29-16-24-26-21-10-3-4-11-22(21)27(24)14-18(28)15-30-23-12-5-2-9-20(23)25/h2-13,18,28H,14-16H2,1H3/t18-/m0/s1. The van der Waals surface area contributed by atoms with E-state index in [-0.39, 0.29) is 6.61 Å². The fraction of sp³-hybridized carbons (Fsp3) is 0.208. The van der Waals surface area contributed by atoms with Crippen LogP contribution < -0.4 is 9.47 Å². The molecular formula is C24H23ClN2O3. The molecule has 1 atom stereocenters. The summed E-state index contributed by atoms with van der Waals surface area (Å²) in [5.41, 5.74) is 2.94. The minimum Gasteiger partial charge on any atom is -0.489 e. The molecule has 4 aromatic rings. The Balaban J connectivity index is 1.50. The molecule has 0 aliphatic rings. The molecule has 0 saturated heterocycles. The highest BCUT2D eigenvalue weighted by atomic mass is 35.5. The van der Waals surface area contributed by atoms with E-state index in [2.05, 4.69) is 0 Å². The van der Waals surface area contributed by atoms with E-state index in [1.807, 2.05) is 72.2 Å². The van der Waals surface area contributed by atoms with Crippen molar-refractivity contribution in [1.82, 2.24) is 9.55 Å². The van der Waals surface area contributed by atoms with Gasteiger partial charge in [0.15, 0.2) is 0 Å². The van der Waals surface area contributed by atoms with Gasteiger partial charge in [-0.2, -0.15) is 0 Å². The fourth-order valence-corrected chi connectivity index (χ4v) is 3.49. The number of para-hydroxylation sites is 3. The topological polar surface area (TPSA) is 56.5 Å². The Bertz CT molecular complexity index is 1140. The van der Waals surface area contributed by atoms with Crippen LogP contribution in [0.3, 0.4) is 0 Å².